The van der Waals surface area contributed by atoms with Crippen LogP contribution in [0.1, 0.15) is 43.9 Å². The minimum absolute atomic E-state index is 0.224. The van der Waals surface area contributed by atoms with Crippen molar-refractivity contribution in [3.8, 4) is 0 Å². The van der Waals surface area contributed by atoms with Gasteiger partial charge in [0, 0.05) is 68.8 Å². The molecule has 1 saturated heterocycles. The van der Waals surface area contributed by atoms with E-state index in [0.717, 1.165) is 44.2 Å². The van der Waals surface area contributed by atoms with Crippen molar-refractivity contribution >= 4 is 12.9 Å². The zero-order valence-corrected chi connectivity index (χ0v) is 21.0. The molecule has 4 rings (SSSR count). The van der Waals surface area contributed by atoms with Gasteiger partial charge in [0.2, 0.25) is 0 Å². The Kier molecular flexibility index (Phi) is 11.6. The van der Waals surface area contributed by atoms with Gasteiger partial charge in [-0.2, -0.15) is 0 Å². The molecule has 0 aliphatic carbocycles. The maximum atomic E-state index is 13.2. The second-order valence-corrected chi connectivity index (χ2v) is 9.69. The summed E-state index contributed by atoms with van der Waals surface area (Å²) in [5, 5.41) is 13.8. The van der Waals surface area contributed by atoms with E-state index in [1.807, 2.05) is 12.5 Å². The lowest BCUT2D eigenvalue weighted by molar-refractivity contribution is -0.123. The number of carboxylic acid groups (broad SMARTS) is 2. The van der Waals surface area contributed by atoms with Crippen molar-refractivity contribution in [2.24, 2.45) is 11.8 Å². The van der Waals surface area contributed by atoms with Crippen LogP contribution in [0.3, 0.4) is 0 Å². The van der Waals surface area contributed by atoms with Crippen LogP contribution in [0.4, 0.5) is 0 Å². The Balaban J connectivity index is 0.000000655. The summed E-state index contributed by atoms with van der Waals surface area (Å²) in [7, 11) is 2.09. The molecule has 2 aliphatic heterocycles. The third kappa shape index (κ3) is 8.63. The molecule has 194 valence electrons. The van der Waals surface area contributed by atoms with Crippen molar-refractivity contribution in [1.29, 1.82) is 0 Å². The molecule has 0 amide bonds. The number of carbonyl (C=O) groups is 2. The Labute approximate surface area is 206 Å². The highest BCUT2D eigenvalue weighted by Gasteiger charge is 2.34. The number of likely N-dealkylation sites (N-methyl/N-ethyl adjacent to an activating group) is 1. The third-order valence-electron chi connectivity index (χ3n) is 6.52. The summed E-state index contributed by atoms with van der Waals surface area (Å²) in [6, 6.07) is 4.31. The largest absolute Gasteiger partial charge is 0.483 e. The predicted molar refractivity (Wildman–Crippen MR) is 133 cm³/mol. The Morgan fingerprint density at radius 2 is 1.86 bits per heavy atom. The highest BCUT2D eigenvalue weighted by molar-refractivity contribution is 5.33. The lowest BCUT2D eigenvalue weighted by Crippen LogP contribution is -2.48. The third-order valence-corrected chi connectivity index (χ3v) is 6.52. The average Bonchev–Trinajstić information content (AvgIpc) is 3.33. The lowest BCUT2D eigenvalue weighted by Gasteiger charge is -2.43. The van der Waals surface area contributed by atoms with Crippen LogP contribution >= 0.6 is 0 Å². The SMILES string of the molecule is CC(C)CCN1C[C@@H]2C[C@H](C1)c1ccc(CN(C)CCn3ccnc3)c(=O)n1C2.O=CO.O=CO. The number of likely N-dealkylation sites (tertiary alicyclic amines) is 1. The number of aromatic nitrogens is 3. The van der Waals surface area contributed by atoms with Gasteiger partial charge in [-0.1, -0.05) is 19.9 Å². The van der Waals surface area contributed by atoms with Gasteiger partial charge < -0.3 is 29.1 Å². The van der Waals surface area contributed by atoms with Crippen LogP contribution in [0, 0.1) is 11.8 Å². The first-order valence-electron chi connectivity index (χ1n) is 12.1. The van der Waals surface area contributed by atoms with Gasteiger partial charge in [0.25, 0.3) is 18.5 Å². The Morgan fingerprint density at radius 3 is 2.49 bits per heavy atom. The highest BCUT2D eigenvalue weighted by Crippen LogP contribution is 2.35. The molecule has 0 aromatic carbocycles. The molecule has 2 aromatic rings. The Morgan fingerprint density at radius 1 is 1.14 bits per heavy atom. The molecule has 2 N–H and O–H groups in total. The van der Waals surface area contributed by atoms with Crippen LogP contribution in [0.25, 0.3) is 0 Å². The first-order valence-corrected chi connectivity index (χ1v) is 12.1. The summed E-state index contributed by atoms with van der Waals surface area (Å²) in [6.07, 6.45) is 8.12. The number of imidazole rings is 1. The summed E-state index contributed by atoms with van der Waals surface area (Å²) in [5.41, 5.74) is 2.39. The topological polar surface area (TPSA) is 121 Å². The first-order chi connectivity index (χ1) is 16.8. The van der Waals surface area contributed by atoms with Gasteiger partial charge in [-0.15, -0.1) is 0 Å². The van der Waals surface area contributed by atoms with E-state index in [9.17, 15) is 4.79 Å². The quantitative estimate of drug-likeness (QED) is 0.541. The molecule has 10 heteroatoms. The monoisotopic (exact) mass is 489 g/mol. The molecule has 2 atom stereocenters. The number of nitrogens with zero attached hydrogens (tertiary/aromatic N) is 5. The van der Waals surface area contributed by atoms with Gasteiger partial charge in [0.05, 0.1) is 6.33 Å². The van der Waals surface area contributed by atoms with E-state index in [2.05, 4.69) is 56.9 Å². The number of fused-ring (bicyclic) bond motifs is 4. The van der Waals surface area contributed by atoms with Crippen molar-refractivity contribution < 1.29 is 19.8 Å². The van der Waals surface area contributed by atoms with Gasteiger partial charge in [-0.3, -0.25) is 14.4 Å². The fraction of sp³-hybridized carbons (Fsp3) is 0.600. The molecule has 0 saturated carbocycles. The van der Waals surface area contributed by atoms with Crippen LogP contribution < -0.4 is 5.56 Å². The molecular weight excluding hydrogens is 450 g/mol. The standard InChI is InChI=1S/C23H35N5O.2CH2O2/c1-18(2)6-8-27-13-19-12-21(16-27)22-5-4-20(23(29)28(22)14-19)15-25(3)10-11-26-9-7-24-17-26;2*2-1-3/h4-5,7,9,17-19,21H,6,8,10-16H2,1-3H3;2*1H,(H,2,3)/t19-,21+;;/m0../s1. The lowest BCUT2D eigenvalue weighted by atomic mass is 9.82. The summed E-state index contributed by atoms with van der Waals surface area (Å²) < 4.78 is 4.17. The van der Waals surface area contributed by atoms with Gasteiger partial charge in [-0.05, 0) is 44.3 Å². The molecule has 2 aromatic heterocycles. The second-order valence-electron chi connectivity index (χ2n) is 9.69. The molecule has 2 aliphatic rings. The molecule has 1 fully saturated rings. The van der Waals surface area contributed by atoms with E-state index in [1.54, 1.807) is 6.20 Å². The van der Waals surface area contributed by atoms with Gasteiger partial charge in [-0.25, -0.2) is 4.98 Å². The molecular formula is C25H39N5O5. The molecule has 10 nitrogen and oxygen atoms in total. The van der Waals surface area contributed by atoms with E-state index < -0.39 is 0 Å². The Hall–Kier alpha value is -2.98. The zero-order valence-electron chi connectivity index (χ0n) is 21.0. The van der Waals surface area contributed by atoms with Gasteiger partial charge >= 0.3 is 0 Å². The normalized spacial score (nSPS) is 18.7. The average molecular weight is 490 g/mol. The van der Waals surface area contributed by atoms with E-state index in [1.165, 1.54) is 25.1 Å². The number of hydrogen-bond acceptors (Lipinski definition) is 6. The minimum Gasteiger partial charge on any atom is -0.483 e. The maximum absolute atomic E-state index is 13.2. The molecule has 2 bridgehead atoms. The van der Waals surface area contributed by atoms with Crippen LogP contribution in [0.15, 0.2) is 35.6 Å². The summed E-state index contributed by atoms with van der Waals surface area (Å²) >= 11 is 0. The first kappa shape index (κ1) is 28.3. The second kappa shape index (κ2) is 14.4. The van der Waals surface area contributed by atoms with E-state index in [0.29, 0.717) is 18.4 Å². The van der Waals surface area contributed by atoms with Crippen LogP contribution in [0.2, 0.25) is 0 Å². The number of pyridine rings is 1. The molecule has 0 unspecified atom stereocenters. The van der Waals surface area contributed by atoms with Gasteiger partial charge in [0.15, 0.2) is 0 Å². The number of piperidine rings is 1. The smallest absolute Gasteiger partial charge is 0.290 e. The molecule has 0 spiro atoms. The van der Waals surface area contributed by atoms with Gasteiger partial charge in [0.1, 0.15) is 0 Å². The van der Waals surface area contributed by atoms with E-state index >= 15 is 0 Å². The zero-order chi connectivity index (χ0) is 25.8. The summed E-state index contributed by atoms with van der Waals surface area (Å²) in [4.78, 5) is 38.9. The maximum Gasteiger partial charge on any atom is 0.290 e. The highest BCUT2D eigenvalue weighted by atomic mass is 16.3. The van der Waals surface area contributed by atoms with E-state index in [4.69, 9.17) is 19.8 Å². The predicted octanol–water partition coefficient (Wildman–Crippen LogP) is 2.04. The van der Waals surface area contributed by atoms with Crippen molar-refractivity contribution in [3.63, 3.8) is 0 Å². The van der Waals surface area contributed by atoms with Crippen molar-refractivity contribution in [1.82, 2.24) is 23.9 Å². The fourth-order valence-corrected chi connectivity index (χ4v) is 4.91. The van der Waals surface area contributed by atoms with Crippen LogP contribution in [-0.4, -0.2) is 80.3 Å². The molecule has 4 heterocycles. The summed E-state index contributed by atoms with van der Waals surface area (Å²) in [6.45, 7) is 10.9. The van der Waals surface area contributed by atoms with Crippen LogP contribution in [-0.2, 0) is 29.2 Å². The van der Waals surface area contributed by atoms with E-state index in [-0.39, 0.29) is 18.5 Å². The molecule has 35 heavy (non-hydrogen) atoms. The van der Waals surface area contributed by atoms with Crippen molar-refractivity contribution in [2.45, 2.75) is 52.2 Å². The Bertz CT molecular complexity index is 954. The molecule has 0 radical (unpaired) electrons. The number of rotatable bonds is 8. The summed E-state index contributed by atoms with van der Waals surface area (Å²) in [5.74, 6) is 1.87. The van der Waals surface area contributed by atoms with Crippen molar-refractivity contribution in [3.05, 3.63) is 52.5 Å². The van der Waals surface area contributed by atoms with Crippen molar-refractivity contribution in [2.75, 3.05) is 33.2 Å². The van der Waals surface area contributed by atoms with Crippen LogP contribution in [0.5, 0.6) is 0 Å². The minimum atomic E-state index is -0.250. The fourth-order valence-electron chi connectivity index (χ4n) is 4.91. The number of hydrogen-bond donors (Lipinski definition) is 2.